The zero-order chi connectivity index (χ0) is 9.26. The first-order valence-electron chi connectivity index (χ1n) is 4.17. The summed E-state index contributed by atoms with van der Waals surface area (Å²) in [6, 6.07) is 5.51. The maximum atomic E-state index is 13.4. The highest BCUT2D eigenvalue weighted by Crippen LogP contribution is 2.25. The molecule has 0 atom stereocenters. The second kappa shape index (κ2) is 3.44. The number of thiophene rings is 1. The topological polar surface area (TPSA) is 26.0 Å². The van der Waals surface area contributed by atoms with Gasteiger partial charge in [-0.2, -0.15) is 0 Å². The van der Waals surface area contributed by atoms with Gasteiger partial charge in [-0.15, -0.1) is 11.3 Å². The van der Waals surface area contributed by atoms with Gasteiger partial charge < -0.3 is 5.73 Å². The Hall–Kier alpha value is -0.930. The molecule has 0 fully saturated rings. The predicted molar refractivity (Wildman–Crippen MR) is 54.5 cm³/mol. The molecule has 1 aromatic carbocycles. The molecule has 1 nitrogen and oxygen atoms in total. The van der Waals surface area contributed by atoms with E-state index >= 15 is 0 Å². The smallest absolute Gasteiger partial charge is 0.141 e. The number of nitrogens with two attached hydrogens (primary N) is 1. The van der Waals surface area contributed by atoms with E-state index in [2.05, 4.69) is 0 Å². The third-order valence-electron chi connectivity index (χ3n) is 2.00. The molecule has 0 aliphatic heterocycles. The van der Waals surface area contributed by atoms with E-state index in [0.29, 0.717) is 6.54 Å². The Labute approximate surface area is 80.0 Å². The van der Waals surface area contributed by atoms with Crippen LogP contribution in [0, 0.1) is 5.82 Å². The van der Waals surface area contributed by atoms with Crippen molar-refractivity contribution in [1.29, 1.82) is 0 Å². The first-order chi connectivity index (χ1) is 6.31. The molecule has 0 bridgehead atoms. The van der Waals surface area contributed by atoms with Crippen LogP contribution in [0.15, 0.2) is 23.6 Å². The van der Waals surface area contributed by atoms with Crippen LogP contribution in [0.25, 0.3) is 10.1 Å². The summed E-state index contributed by atoms with van der Waals surface area (Å²) in [7, 11) is 0. The molecular formula is C10H10FNS. The van der Waals surface area contributed by atoms with Crippen molar-refractivity contribution in [1.82, 2.24) is 0 Å². The zero-order valence-electron chi connectivity index (χ0n) is 7.09. The molecule has 0 amide bonds. The molecule has 2 rings (SSSR count). The van der Waals surface area contributed by atoms with E-state index < -0.39 is 0 Å². The van der Waals surface area contributed by atoms with Crippen LogP contribution in [0.1, 0.15) is 5.56 Å². The highest BCUT2D eigenvalue weighted by Gasteiger charge is 2.03. The van der Waals surface area contributed by atoms with Crippen LogP contribution in [0.3, 0.4) is 0 Å². The van der Waals surface area contributed by atoms with Gasteiger partial charge in [0.1, 0.15) is 5.82 Å². The number of fused-ring (bicyclic) bond motifs is 1. The summed E-state index contributed by atoms with van der Waals surface area (Å²) in [5, 5.41) is 2.88. The maximum Gasteiger partial charge on any atom is 0.141 e. The first kappa shape index (κ1) is 8.66. The third kappa shape index (κ3) is 1.57. The summed E-state index contributed by atoms with van der Waals surface area (Å²) in [5.41, 5.74) is 6.39. The second-order valence-corrected chi connectivity index (χ2v) is 3.87. The van der Waals surface area contributed by atoms with Crippen LogP contribution in [-0.2, 0) is 6.42 Å². The van der Waals surface area contributed by atoms with Gasteiger partial charge in [-0.1, -0.05) is 6.07 Å². The molecule has 3 heteroatoms. The van der Waals surface area contributed by atoms with Crippen LogP contribution in [-0.4, -0.2) is 6.54 Å². The minimum absolute atomic E-state index is 0.129. The van der Waals surface area contributed by atoms with E-state index in [1.165, 1.54) is 11.3 Å². The van der Waals surface area contributed by atoms with Crippen molar-refractivity contribution in [2.75, 3.05) is 6.54 Å². The lowest BCUT2D eigenvalue weighted by atomic mass is 10.1. The number of hydrogen-bond acceptors (Lipinski definition) is 2. The maximum absolute atomic E-state index is 13.4. The minimum Gasteiger partial charge on any atom is -0.330 e. The van der Waals surface area contributed by atoms with E-state index in [1.54, 1.807) is 6.07 Å². The fraction of sp³-hybridized carbons (Fsp3) is 0.200. The Morgan fingerprint density at radius 3 is 3.00 bits per heavy atom. The van der Waals surface area contributed by atoms with Crippen molar-refractivity contribution >= 4 is 21.4 Å². The Balaban J connectivity index is 2.56. The van der Waals surface area contributed by atoms with Crippen LogP contribution in [0.5, 0.6) is 0 Å². The second-order valence-electron chi connectivity index (χ2n) is 2.96. The number of hydrogen-bond donors (Lipinski definition) is 1. The predicted octanol–water partition coefficient (Wildman–Crippen LogP) is 2.54. The molecule has 0 radical (unpaired) electrons. The highest BCUT2D eigenvalue weighted by atomic mass is 32.1. The molecule has 13 heavy (non-hydrogen) atoms. The fourth-order valence-corrected chi connectivity index (χ4v) is 2.19. The normalized spacial score (nSPS) is 10.9. The highest BCUT2D eigenvalue weighted by molar-refractivity contribution is 7.17. The van der Waals surface area contributed by atoms with Crippen LogP contribution in [0.2, 0.25) is 0 Å². The zero-order valence-corrected chi connectivity index (χ0v) is 7.90. The molecule has 0 aliphatic carbocycles. The fourth-order valence-electron chi connectivity index (χ4n) is 1.41. The molecule has 68 valence electrons. The average Bonchev–Trinajstić information content (AvgIpc) is 2.53. The third-order valence-corrected chi connectivity index (χ3v) is 2.94. The molecular weight excluding hydrogens is 185 g/mol. The number of halogens is 1. The van der Waals surface area contributed by atoms with Crippen molar-refractivity contribution in [2.24, 2.45) is 5.73 Å². The summed E-state index contributed by atoms with van der Waals surface area (Å²) in [6.45, 7) is 0.565. The van der Waals surface area contributed by atoms with E-state index in [0.717, 1.165) is 22.1 Å². The minimum atomic E-state index is -0.129. The molecule has 2 N–H and O–H groups in total. The van der Waals surface area contributed by atoms with E-state index in [-0.39, 0.29) is 5.82 Å². The largest absolute Gasteiger partial charge is 0.330 e. The van der Waals surface area contributed by atoms with E-state index in [4.69, 9.17) is 5.73 Å². The summed E-state index contributed by atoms with van der Waals surface area (Å²) in [5.74, 6) is -0.129. The van der Waals surface area contributed by atoms with Crippen molar-refractivity contribution < 1.29 is 4.39 Å². The Morgan fingerprint density at radius 2 is 2.23 bits per heavy atom. The molecule has 2 aromatic rings. The van der Waals surface area contributed by atoms with Crippen molar-refractivity contribution in [2.45, 2.75) is 6.42 Å². The quantitative estimate of drug-likeness (QED) is 0.783. The van der Waals surface area contributed by atoms with Gasteiger partial charge in [0.2, 0.25) is 0 Å². The van der Waals surface area contributed by atoms with E-state index in [9.17, 15) is 4.39 Å². The lowest BCUT2D eigenvalue weighted by Gasteiger charge is -1.99. The van der Waals surface area contributed by atoms with E-state index in [1.807, 2.05) is 17.5 Å². The number of rotatable bonds is 2. The van der Waals surface area contributed by atoms with Gasteiger partial charge in [0.05, 0.1) is 4.70 Å². The molecule has 1 aromatic heterocycles. The summed E-state index contributed by atoms with van der Waals surface area (Å²) in [6.07, 6.45) is 0.739. The number of benzene rings is 1. The lowest BCUT2D eigenvalue weighted by Crippen LogP contribution is -2.02. The Kier molecular flexibility index (Phi) is 2.29. The van der Waals surface area contributed by atoms with Crippen LogP contribution >= 0.6 is 11.3 Å². The summed E-state index contributed by atoms with van der Waals surface area (Å²) >= 11 is 1.43. The van der Waals surface area contributed by atoms with Gasteiger partial charge in [-0.3, -0.25) is 0 Å². The van der Waals surface area contributed by atoms with Gasteiger partial charge in [-0.25, -0.2) is 4.39 Å². The van der Waals surface area contributed by atoms with Gasteiger partial charge in [0, 0.05) is 0 Å². The van der Waals surface area contributed by atoms with Gasteiger partial charge >= 0.3 is 0 Å². The SMILES string of the molecule is NCCc1cc(F)c2sccc2c1. The molecule has 0 spiro atoms. The molecule has 0 saturated carbocycles. The first-order valence-corrected chi connectivity index (χ1v) is 5.05. The Morgan fingerprint density at radius 1 is 1.38 bits per heavy atom. The standard InChI is InChI=1S/C10H10FNS/c11-9-6-7(1-3-12)5-8-2-4-13-10(8)9/h2,4-6H,1,3,12H2. The van der Waals surface area contributed by atoms with Crippen molar-refractivity contribution in [3.05, 3.63) is 35.0 Å². The summed E-state index contributed by atoms with van der Waals surface area (Å²) < 4.78 is 14.1. The molecule has 0 saturated heterocycles. The van der Waals surface area contributed by atoms with Crippen LogP contribution < -0.4 is 5.73 Å². The van der Waals surface area contributed by atoms with Gasteiger partial charge in [-0.05, 0) is 41.4 Å². The summed E-state index contributed by atoms with van der Waals surface area (Å²) in [4.78, 5) is 0. The molecule has 0 aliphatic rings. The monoisotopic (exact) mass is 195 g/mol. The van der Waals surface area contributed by atoms with Crippen molar-refractivity contribution in [3.8, 4) is 0 Å². The van der Waals surface area contributed by atoms with Crippen LogP contribution in [0.4, 0.5) is 4.39 Å². The van der Waals surface area contributed by atoms with Crippen molar-refractivity contribution in [3.63, 3.8) is 0 Å². The Bertz CT molecular complexity index is 422. The average molecular weight is 195 g/mol. The molecule has 0 unspecified atom stereocenters. The van der Waals surface area contributed by atoms with Gasteiger partial charge in [0.15, 0.2) is 0 Å². The lowest BCUT2D eigenvalue weighted by molar-refractivity contribution is 0.639. The van der Waals surface area contributed by atoms with Gasteiger partial charge in [0.25, 0.3) is 0 Å². The molecule has 1 heterocycles.